The molecular weight excluding hydrogens is 244 g/mol. The standard InChI is InChI=1S/C14H28N2O3/c1-13-6-4-5-7-16(13)14(17)12-15(8-10-18-2)9-11-19-3/h13H,4-12H2,1-3H3/t13-/m0/s1. The minimum atomic E-state index is 0.236. The molecule has 1 saturated heterocycles. The number of hydrogen-bond donors (Lipinski definition) is 0. The summed E-state index contributed by atoms with van der Waals surface area (Å²) in [5.41, 5.74) is 0. The first kappa shape index (κ1) is 16.4. The minimum absolute atomic E-state index is 0.236. The van der Waals surface area contributed by atoms with Crippen LogP contribution in [0.4, 0.5) is 0 Å². The summed E-state index contributed by atoms with van der Waals surface area (Å²) in [6, 6.07) is 0.382. The molecule has 0 aromatic heterocycles. The zero-order chi connectivity index (χ0) is 14.1. The fourth-order valence-electron chi connectivity index (χ4n) is 2.46. The lowest BCUT2D eigenvalue weighted by molar-refractivity contribution is -0.135. The molecule has 1 aliphatic rings. The molecule has 0 bridgehead atoms. The maximum atomic E-state index is 12.3. The number of carbonyl (C=O) groups excluding carboxylic acids is 1. The molecule has 1 atom stereocenters. The van der Waals surface area contributed by atoms with Gasteiger partial charge in [-0.2, -0.15) is 0 Å². The molecule has 0 aromatic carbocycles. The number of methoxy groups -OCH3 is 2. The number of amides is 1. The van der Waals surface area contributed by atoms with E-state index in [1.165, 1.54) is 6.42 Å². The summed E-state index contributed by atoms with van der Waals surface area (Å²) in [7, 11) is 3.37. The lowest BCUT2D eigenvalue weighted by Gasteiger charge is -2.35. The Bertz CT molecular complexity index is 253. The molecular formula is C14H28N2O3. The number of piperidine rings is 1. The number of rotatable bonds is 8. The summed E-state index contributed by atoms with van der Waals surface area (Å²) in [5.74, 6) is 0.236. The summed E-state index contributed by atoms with van der Waals surface area (Å²) in [4.78, 5) is 16.5. The first-order valence-corrected chi connectivity index (χ1v) is 7.18. The molecule has 0 saturated carbocycles. The van der Waals surface area contributed by atoms with E-state index in [1.54, 1.807) is 14.2 Å². The average Bonchev–Trinajstić information content (AvgIpc) is 2.42. The fraction of sp³-hybridized carbons (Fsp3) is 0.929. The molecule has 112 valence electrons. The van der Waals surface area contributed by atoms with E-state index in [-0.39, 0.29) is 5.91 Å². The van der Waals surface area contributed by atoms with Crippen LogP contribution in [0.3, 0.4) is 0 Å². The van der Waals surface area contributed by atoms with Crippen molar-refractivity contribution in [1.82, 2.24) is 9.80 Å². The predicted octanol–water partition coefficient (Wildman–Crippen LogP) is 0.982. The summed E-state index contributed by atoms with van der Waals surface area (Å²) in [6.45, 7) is 6.35. The highest BCUT2D eigenvalue weighted by Crippen LogP contribution is 2.16. The van der Waals surface area contributed by atoms with E-state index in [0.29, 0.717) is 25.8 Å². The second-order valence-corrected chi connectivity index (χ2v) is 5.19. The smallest absolute Gasteiger partial charge is 0.236 e. The highest BCUT2D eigenvalue weighted by atomic mass is 16.5. The van der Waals surface area contributed by atoms with Gasteiger partial charge in [-0.25, -0.2) is 0 Å². The molecule has 1 heterocycles. The van der Waals surface area contributed by atoms with Gasteiger partial charge in [0.1, 0.15) is 0 Å². The van der Waals surface area contributed by atoms with Crippen LogP contribution in [0.2, 0.25) is 0 Å². The number of ether oxygens (including phenoxy) is 2. The summed E-state index contributed by atoms with van der Waals surface area (Å²) < 4.78 is 10.2. The van der Waals surface area contributed by atoms with Crippen LogP contribution in [0.25, 0.3) is 0 Å². The van der Waals surface area contributed by atoms with Gasteiger partial charge < -0.3 is 14.4 Å². The van der Waals surface area contributed by atoms with Crippen LogP contribution in [-0.2, 0) is 14.3 Å². The Hall–Kier alpha value is -0.650. The summed E-state index contributed by atoms with van der Waals surface area (Å²) in [5, 5.41) is 0. The van der Waals surface area contributed by atoms with Crippen molar-refractivity contribution in [3.63, 3.8) is 0 Å². The summed E-state index contributed by atoms with van der Waals surface area (Å²) in [6.07, 6.45) is 3.50. The van der Waals surface area contributed by atoms with Gasteiger partial charge in [0.05, 0.1) is 19.8 Å². The third-order valence-corrected chi connectivity index (χ3v) is 3.71. The normalized spacial score (nSPS) is 20.0. The van der Waals surface area contributed by atoms with Crippen molar-refractivity contribution in [2.45, 2.75) is 32.2 Å². The number of nitrogens with zero attached hydrogens (tertiary/aromatic N) is 2. The Labute approximate surface area is 116 Å². The molecule has 19 heavy (non-hydrogen) atoms. The van der Waals surface area contributed by atoms with E-state index in [1.807, 2.05) is 4.90 Å². The largest absolute Gasteiger partial charge is 0.383 e. The SMILES string of the molecule is COCCN(CCOC)CC(=O)N1CCCC[C@@H]1C. The van der Waals surface area contributed by atoms with E-state index in [9.17, 15) is 4.79 Å². The van der Waals surface area contributed by atoms with Gasteiger partial charge in [0.15, 0.2) is 0 Å². The van der Waals surface area contributed by atoms with Crippen LogP contribution < -0.4 is 0 Å². The molecule has 5 nitrogen and oxygen atoms in total. The Balaban J connectivity index is 2.43. The van der Waals surface area contributed by atoms with Crippen molar-refractivity contribution >= 4 is 5.91 Å². The monoisotopic (exact) mass is 272 g/mol. The first-order valence-electron chi connectivity index (χ1n) is 7.18. The van der Waals surface area contributed by atoms with Crippen LogP contribution >= 0.6 is 0 Å². The molecule has 0 aromatic rings. The van der Waals surface area contributed by atoms with Crippen LogP contribution in [-0.4, -0.2) is 75.4 Å². The molecule has 0 unspecified atom stereocenters. The second kappa shape index (κ2) is 9.28. The van der Waals surface area contributed by atoms with Crippen molar-refractivity contribution in [2.75, 3.05) is 53.6 Å². The Kier molecular flexibility index (Phi) is 8.02. The fourth-order valence-corrected chi connectivity index (χ4v) is 2.46. The summed E-state index contributed by atoms with van der Waals surface area (Å²) >= 11 is 0. The van der Waals surface area contributed by atoms with E-state index in [0.717, 1.165) is 32.5 Å². The number of hydrogen-bond acceptors (Lipinski definition) is 4. The van der Waals surface area contributed by atoms with Gasteiger partial charge in [-0.3, -0.25) is 9.69 Å². The zero-order valence-corrected chi connectivity index (χ0v) is 12.6. The second-order valence-electron chi connectivity index (χ2n) is 5.19. The Morgan fingerprint density at radius 3 is 2.37 bits per heavy atom. The zero-order valence-electron chi connectivity index (χ0n) is 12.6. The third kappa shape index (κ3) is 5.89. The third-order valence-electron chi connectivity index (χ3n) is 3.71. The highest BCUT2D eigenvalue weighted by Gasteiger charge is 2.24. The van der Waals surface area contributed by atoms with Crippen LogP contribution in [0.1, 0.15) is 26.2 Å². The number of carbonyl (C=O) groups is 1. The van der Waals surface area contributed by atoms with Gasteiger partial charge in [-0.1, -0.05) is 0 Å². The van der Waals surface area contributed by atoms with Crippen LogP contribution in [0.15, 0.2) is 0 Å². The minimum Gasteiger partial charge on any atom is -0.383 e. The molecule has 1 amide bonds. The van der Waals surface area contributed by atoms with E-state index in [4.69, 9.17) is 9.47 Å². The van der Waals surface area contributed by atoms with Gasteiger partial charge in [0.2, 0.25) is 5.91 Å². The predicted molar refractivity (Wildman–Crippen MR) is 75.2 cm³/mol. The van der Waals surface area contributed by atoms with E-state index in [2.05, 4.69) is 11.8 Å². The van der Waals surface area contributed by atoms with Crippen molar-refractivity contribution in [1.29, 1.82) is 0 Å². The van der Waals surface area contributed by atoms with Crippen molar-refractivity contribution in [2.24, 2.45) is 0 Å². The molecule has 0 aliphatic carbocycles. The first-order chi connectivity index (χ1) is 9.19. The Morgan fingerprint density at radius 1 is 1.21 bits per heavy atom. The van der Waals surface area contributed by atoms with Gasteiger partial charge in [0, 0.05) is 39.9 Å². The van der Waals surface area contributed by atoms with Gasteiger partial charge in [-0.05, 0) is 26.2 Å². The lowest BCUT2D eigenvalue weighted by atomic mass is 10.0. The molecule has 1 rings (SSSR count). The molecule has 5 heteroatoms. The van der Waals surface area contributed by atoms with Gasteiger partial charge in [-0.15, -0.1) is 0 Å². The average molecular weight is 272 g/mol. The quantitative estimate of drug-likeness (QED) is 0.660. The van der Waals surface area contributed by atoms with Crippen molar-refractivity contribution in [3.8, 4) is 0 Å². The van der Waals surface area contributed by atoms with Crippen LogP contribution in [0, 0.1) is 0 Å². The van der Waals surface area contributed by atoms with Crippen molar-refractivity contribution < 1.29 is 14.3 Å². The lowest BCUT2D eigenvalue weighted by Crippen LogP contribution is -2.47. The molecule has 1 aliphatic heterocycles. The van der Waals surface area contributed by atoms with E-state index >= 15 is 0 Å². The maximum Gasteiger partial charge on any atom is 0.236 e. The van der Waals surface area contributed by atoms with E-state index < -0.39 is 0 Å². The highest BCUT2D eigenvalue weighted by molar-refractivity contribution is 5.78. The topological polar surface area (TPSA) is 42.0 Å². The van der Waals surface area contributed by atoms with Crippen molar-refractivity contribution in [3.05, 3.63) is 0 Å². The molecule has 1 fully saturated rings. The maximum absolute atomic E-state index is 12.3. The molecule has 0 radical (unpaired) electrons. The Morgan fingerprint density at radius 2 is 1.84 bits per heavy atom. The van der Waals surface area contributed by atoms with Gasteiger partial charge >= 0.3 is 0 Å². The van der Waals surface area contributed by atoms with Gasteiger partial charge in [0.25, 0.3) is 0 Å². The van der Waals surface area contributed by atoms with Crippen LogP contribution in [0.5, 0.6) is 0 Å². The molecule has 0 spiro atoms. The number of likely N-dealkylation sites (tertiary alicyclic amines) is 1. The molecule has 0 N–H and O–H groups in total.